The summed E-state index contributed by atoms with van der Waals surface area (Å²) in [6.07, 6.45) is 15.6. The Bertz CT molecular complexity index is 465. The maximum absolute atomic E-state index is 12.2. The van der Waals surface area contributed by atoms with Crippen molar-refractivity contribution in [2.45, 2.75) is 97.3 Å². The molecule has 0 aliphatic rings. The number of rotatable bonds is 14. The second-order valence-corrected chi connectivity index (χ2v) is 6.91. The Balaban J connectivity index is 2.06. The van der Waals surface area contributed by atoms with Crippen LogP contribution in [0.25, 0.3) is 0 Å². The zero-order valence-corrected chi connectivity index (χ0v) is 15.8. The number of carbonyl (C=O) groups is 1. The normalized spacial score (nSPS) is 10.9. The highest BCUT2D eigenvalue weighted by Gasteiger charge is 2.10. The van der Waals surface area contributed by atoms with Gasteiger partial charge in [-0.05, 0) is 30.5 Å². The van der Waals surface area contributed by atoms with Crippen LogP contribution in [0.5, 0.6) is 5.75 Å². The summed E-state index contributed by atoms with van der Waals surface area (Å²) in [6, 6.07) is 5.43. The van der Waals surface area contributed by atoms with Gasteiger partial charge in [0.05, 0.1) is 5.56 Å². The average molecular weight is 333 g/mol. The molecule has 0 fully saturated rings. The second kappa shape index (κ2) is 13.0. The first-order valence-corrected chi connectivity index (χ1v) is 10.0. The maximum atomic E-state index is 12.2. The van der Waals surface area contributed by atoms with Crippen LogP contribution in [0.2, 0.25) is 0 Å². The van der Waals surface area contributed by atoms with E-state index < -0.39 is 0 Å². The molecule has 0 aromatic heterocycles. The zero-order valence-electron chi connectivity index (χ0n) is 15.8. The first-order valence-electron chi connectivity index (χ1n) is 10.0. The summed E-state index contributed by atoms with van der Waals surface area (Å²) in [5.74, 6) is 0.216. The minimum Gasteiger partial charge on any atom is -0.507 e. The van der Waals surface area contributed by atoms with E-state index >= 15 is 0 Å². The van der Waals surface area contributed by atoms with E-state index in [0.717, 1.165) is 24.8 Å². The lowest BCUT2D eigenvalue weighted by atomic mass is 10.0. The third-order valence-electron chi connectivity index (χ3n) is 4.78. The second-order valence-electron chi connectivity index (χ2n) is 6.91. The van der Waals surface area contributed by atoms with Crippen LogP contribution < -0.4 is 0 Å². The number of aromatic hydroxyl groups is 1. The number of carbonyl (C=O) groups excluding carboxylic acids is 1. The lowest BCUT2D eigenvalue weighted by Crippen LogP contribution is -2.00. The van der Waals surface area contributed by atoms with Gasteiger partial charge >= 0.3 is 0 Å². The standard InChI is InChI=1S/C22H36O2/c1-3-5-6-7-8-9-10-11-12-13-14-15-21(23)20-17-16-19(4-2)18-22(20)24/h16-18,24H,3-15H2,1-2H3. The average Bonchev–Trinajstić information content (AvgIpc) is 2.59. The van der Waals surface area contributed by atoms with E-state index in [0.29, 0.717) is 12.0 Å². The molecule has 0 atom stereocenters. The molecule has 0 heterocycles. The van der Waals surface area contributed by atoms with Crippen molar-refractivity contribution >= 4 is 5.78 Å². The number of hydrogen-bond donors (Lipinski definition) is 1. The molecular weight excluding hydrogens is 296 g/mol. The number of unbranched alkanes of at least 4 members (excludes halogenated alkanes) is 10. The van der Waals surface area contributed by atoms with Crippen LogP contribution in [0.1, 0.15) is 107 Å². The van der Waals surface area contributed by atoms with Gasteiger partial charge in [-0.3, -0.25) is 4.79 Å². The fourth-order valence-electron chi connectivity index (χ4n) is 3.12. The van der Waals surface area contributed by atoms with Gasteiger partial charge in [0, 0.05) is 6.42 Å². The number of phenolic OH excluding ortho intramolecular Hbond substituents is 1. The maximum Gasteiger partial charge on any atom is 0.166 e. The molecule has 0 aliphatic heterocycles. The van der Waals surface area contributed by atoms with E-state index in [2.05, 4.69) is 6.92 Å². The van der Waals surface area contributed by atoms with Crippen LogP contribution in [0.4, 0.5) is 0 Å². The van der Waals surface area contributed by atoms with Gasteiger partial charge in [-0.25, -0.2) is 0 Å². The molecule has 2 heteroatoms. The first-order chi connectivity index (χ1) is 11.7. The molecule has 0 unspecified atom stereocenters. The summed E-state index contributed by atoms with van der Waals surface area (Å²) in [6.45, 7) is 4.30. The van der Waals surface area contributed by atoms with Gasteiger partial charge < -0.3 is 5.11 Å². The quantitative estimate of drug-likeness (QED) is 0.299. The Hall–Kier alpha value is -1.31. The van der Waals surface area contributed by atoms with Crippen molar-refractivity contribution in [1.82, 2.24) is 0 Å². The molecular formula is C22H36O2. The Morgan fingerprint density at radius 1 is 0.833 bits per heavy atom. The van der Waals surface area contributed by atoms with Gasteiger partial charge in [0.1, 0.15) is 5.75 Å². The molecule has 0 bridgehead atoms. The van der Waals surface area contributed by atoms with Crippen molar-refractivity contribution in [3.8, 4) is 5.75 Å². The molecule has 0 saturated carbocycles. The highest BCUT2D eigenvalue weighted by molar-refractivity contribution is 5.98. The number of Topliss-reactive ketones (excluding diaryl/α,β-unsaturated/α-hetero) is 1. The highest BCUT2D eigenvalue weighted by Crippen LogP contribution is 2.22. The van der Waals surface area contributed by atoms with Crippen molar-refractivity contribution in [2.75, 3.05) is 0 Å². The summed E-state index contributed by atoms with van der Waals surface area (Å²) in [5.41, 5.74) is 1.55. The van der Waals surface area contributed by atoms with Gasteiger partial charge in [0.2, 0.25) is 0 Å². The van der Waals surface area contributed by atoms with E-state index in [9.17, 15) is 9.90 Å². The summed E-state index contributed by atoms with van der Waals surface area (Å²) < 4.78 is 0. The third-order valence-corrected chi connectivity index (χ3v) is 4.78. The van der Waals surface area contributed by atoms with Crippen LogP contribution in [0.3, 0.4) is 0 Å². The molecule has 1 N–H and O–H groups in total. The van der Waals surface area contributed by atoms with E-state index in [4.69, 9.17) is 0 Å². The van der Waals surface area contributed by atoms with Crippen LogP contribution in [0, 0.1) is 0 Å². The topological polar surface area (TPSA) is 37.3 Å². The summed E-state index contributed by atoms with van der Waals surface area (Å²) in [4.78, 5) is 12.2. The van der Waals surface area contributed by atoms with Gasteiger partial charge in [-0.1, -0.05) is 84.1 Å². The van der Waals surface area contributed by atoms with Crippen LogP contribution >= 0.6 is 0 Å². The minimum absolute atomic E-state index is 0.0751. The fraction of sp³-hybridized carbons (Fsp3) is 0.682. The lowest BCUT2D eigenvalue weighted by molar-refractivity contribution is 0.0976. The van der Waals surface area contributed by atoms with Crippen molar-refractivity contribution in [1.29, 1.82) is 0 Å². The number of benzene rings is 1. The molecule has 1 aromatic rings. The van der Waals surface area contributed by atoms with Crippen LogP contribution in [-0.4, -0.2) is 10.9 Å². The van der Waals surface area contributed by atoms with Gasteiger partial charge in [0.15, 0.2) is 5.78 Å². The Kier molecular flexibility index (Phi) is 11.3. The highest BCUT2D eigenvalue weighted by atomic mass is 16.3. The Morgan fingerprint density at radius 2 is 1.38 bits per heavy atom. The van der Waals surface area contributed by atoms with Crippen molar-refractivity contribution < 1.29 is 9.90 Å². The molecule has 2 nitrogen and oxygen atoms in total. The molecule has 0 spiro atoms. The van der Waals surface area contributed by atoms with E-state index in [1.54, 1.807) is 12.1 Å². The zero-order chi connectivity index (χ0) is 17.6. The van der Waals surface area contributed by atoms with Crippen LogP contribution in [0.15, 0.2) is 18.2 Å². The monoisotopic (exact) mass is 332 g/mol. The SMILES string of the molecule is CCCCCCCCCCCCCC(=O)c1ccc(CC)cc1O. The molecule has 0 aliphatic carbocycles. The van der Waals surface area contributed by atoms with E-state index in [1.807, 2.05) is 13.0 Å². The fourth-order valence-corrected chi connectivity index (χ4v) is 3.12. The molecule has 24 heavy (non-hydrogen) atoms. The van der Waals surface area contributed by atoms with Gasteiger partial charge in [0.25, 0.3) is 0 Å². The number of phenols is 1. The molecule has 1 aromatic carbocycles. The number of hydrogen-bond acceptors (Lipinski definition) is 2. The predicted molar refractivity (Wildman–Crippen MR) is 103 cm³/mol. The minimum atomic E-state index is 0.0751. The summed E-state index contributed by atoms with van der Waals surface area (Å²) >= 11 is 0. The summed E-state index contributed by atoms with van der Waals surface area (Å²) in [5, 5.41) is 9.95. The Labute approximate surface area is 148 Å². The van der Waals surface area contributed by atoms with E-state index in [1.165, 1.54) is 57.8 Å². The smallest absolute Gasteiger partial charge is 0.166 e. The molecule has 0 amide bonds. The summed E-state index contributed by atoms with van der Waals surface area (Å²) in [7, 11) is 0. The first kappa shape index (κ1) is 20.7. The number of aryl methyl sites for hydroxylation is 1. The Morgan fingerprint density at radius 3 is 1.88 bits per heavy atom. The van der Waals surface area contributed by atoms with Gasteiger partial charge in [-0.15, -0.1) is 0 Å². The molecule has 136 valence electrons. The van der Waals surface area contributed by atoms with Crippen molar-refractivity contribution in [2.24, 2.45) is 0 Å². The molecule has 1 rings (SSSR count). The van der Waals surface area contributed by atoms with Gasteiger partial charge in [-0.2, -0.15) is 0 Å². The number of ketones is 1. The van der Waals surface area contributed by atoms with Crippen molar-refractivity contribution in [3.05, 3.63) is 29.3 Å². The predicted octanol–water partition coefficient (Wildman–Crippen LogP) is 6.84. The largest absolute Gasteiger partial charge is 0.507 e. The van der Waals surface area contributed by atoms with E-state index in [-0.39, 0.29) is 11.5 Å². The third kappa shape index (κ3) is 8.52. The molecule has 0 radical (unpaired) electrons. The lowest BCUT2D eigenvalue weighted by Gasteiger charge is -2.06. The van der Waals surface area contributed by atoms with Crippen molar-refractivity contribution in [3.63, 3.8) is 0 Å². The molecule has 0 saturated heterocycles. The van der Waals surface area contributed by atoms with Crippen LogP contribution in [-0.2, 0) is 6.42 Å².